The first-order valence-electron chi connectivity index (χ1n) is 12.4. The maximum Gasteiger partial charge on any atom is 0.410 e. The highest BCUT2D eigenvalue weighted by atomic mass is 79.9. The summed E-state index contributed by atoms with van der Waals surface area (Å²) in [6.07, 6.45) is 2.82. The van der Waals surface area contributed by atoms with Crippen LogP contribution in [-0.4, -0.2) is 45.7 Å². The van der Waals surface area contributed by atoms with Gasteiger partial charge in [0, 0.05) is 34.9 Å². The van der Waals surface area contributed by atoms with E-state index in [0.717, 1.165) is 23.7 Å². The number of likely N-dealkylation sites (tertiary alicyclic amines) is 1. The van der Waals surface area contributed by atoms with E-state index in [1.54, 1.807) is 23.1 Å². The first-order chi connectivity index (χ1) is 17.9. The lowest BCUT2D eigenvalue weighted by Crippen LogP contribution is -2.46. The van der Waals surface area contributed by atoms with Gasteiger partial charge in [0.15, 0.2) is 0 Å². The van der Waals surface area contributed by atoms with Crippen LogP contribution in [-0.2, 0) is 4.74 Å². The molecule has 0 spiro atoms. The molecule has 1 saturated heterocycles. The summed E-state index contributed by atoms with van der Waals surface area (Å²) >= 11 is 9.55. The molecule has 0 bridgehead atoms. The van der Waals surface area contributed by atoms with Crippen molar-refractivity contribution in [3.8, 4) is 16.9 Å². The highest BCUT2D eigenvalue weighted by Crippen LogP contribution is 2.38. The zero-order valence-corrected chi connectivity index (χ0v) is 23.7. The van der Waals surface area contributed by atoms with E-state index in [4.69, 9.17) is 21.1 Å². The Labute approximate surface area is 233 Å². The molecule has 1 fully saturated rings. The number of nitrogens with one attached hydrogen (secondary N) is 1. The molecule has 0 aliphatic carbocycles. The van der Waals surface area contributed by atoms with E-state index in [2.05, 4.69) is 20.9 Å². The number of H-pyrrole nitrogens is 1. The number of ether oxygens (including phenoxy) is 2. The van der Waals surface area contributed by atoms with Crippen LogP contribution >= 0.6 is 27.5 Å². The number of piperidine rings is 1. The van der Waals surface area contributed by atoms with Crippen molar-refractivity contribution >= 4 is 50.2 Å². The lowest BCUT2D eigenvalue weighted by molar-refractivity contribution is -0.384. The van der Waals surface area contributed by atoms with Gasteiger partial charge in [-0.05, 0) is 63.8 Å². The first kappa shape index (κ1) is 27.9. The van der Waals surface area contributed by atoms with Crippen LogP contribution in [0.2, 0.25) is 5.02 Å². The molecule has 38 heavy (non-hydrogen) atoms. The second kappa shape index (κ2) is 11.3. The molecular weight excluding hydrogens is 578 g/mol. The Morgan fingerprint density at radius 2 is 2.03 bits per heavy atom. The first-order valence-corrected chi connectivity index (χ1v) is 13.5. The van der Waals surface area contributed by atoms with Gasteiger partial charge in [0.05, 0.1) is 22.6 Å². The van der Waals surface area contributed by atoms with Crippen molar-refractivity contribution in [1.82, 2.24) is 9.88 Å². The molecule has 0 saturated carbocycles. The summed E-state index contributed by atoms with van der Waals surface area (Å²) in [5.41, 5.74) is -0.143. The Morgan fingerprint density at radius 3 is 2.71 bits per heavy atom. The van der Waals surface area contributed by atoms with Crippen LogP contribution in [0.1, 0.15) is 46.5 Å². The topological polar surface area (TPSA) is 115 Å². The maximum atomic E-state index is 13.2. The second-order valence-electron chi connectivity index (χ2n) is 10.2. The molecule has 1 unspecified atom stereocenters. The predicted molar refractivity (Wildman–Crippen MR) is 150 cm³/mol. The Bertz CT molecular complexity index is 1430. The number of aromatic nitrogens is 1. The van der Waals surface area contributed by atoms with Crippen molar-refractivity contribution < 1.29 is 19.2 Å². The van der Waals surface area contributed by atoms with Crippen molar-refractivity contribution in [2.75, 3.05) is 13.2 Å². The number of carbonyl (C=O) groups excluding carboxylic acids is 1. The molecule has 1 aliphatic rings. The van der Waals surface area contributed by atoms with Gasteiger partial charge >= 0.3 is 6.09 Å². The number of nitro groups is 1. The molecule has 1 aromatic heterocycles. The van der Waals surface area contributed by atoms with E-state index in [1.165, 1.54) is 12.1 Å². The van der Waals surface area contributed by atoms with Gasteiger partial charge in [0.25, 0.3) is 11.2 Å². The fourth-order valence-corrected chi connectivity index (χ4v) is 5.26. The van der Waals surface area contributed by atoms with Crippen molar-refractivity contribution in [2.45, 2.75) is 58.1 Å². The Balaban J connectivity index is 1.71. The summed E-state index contributed by atoms with van der Waals surface area (Å²) in [5.74, 6) is 0.223. The summed E-state index contributed by atoms with van der Waals surface area (Å²) in [5, 5.41) is 11.9. The zero-order valence-electron chi connectivity index (χ0n) is 21.4. The largest absolute Gasteiger partial charge is 0.492 e. The third-order valence-electron chi connectivity index (χ3n) is 6.30. The molecule has 1 aliphatic heterocycles. The van der Waals surface area contributed by atoms with Gasteiger partial charge in [-0.1, -0.05) is 39.7 Å². The molecule has 202 valence electrons. The maximum absolute atomic E-state index is 13.2. The fraction of sp³-hybridized carbons (Fsp3) is 0.407. The molecule has 2 aromatic carbocycles. The normalized spacial score (nSPS) is 15.9. The third-order valence-corrected chi connectivity index (χ3v) is 7.09. The minimum atomic E-state index is -0.603. The van der Waals surface area contributed by atoms with Crippen LogP contribution in [0.25, 0.3) is 22.0 Å². The monoisotopic (exact) mass is 605 g/mol. The van der Waals surface area contributed by atoms with Gasteiger partial charge in [0.2, 0.25) is 0 Å². The molecule has 9 nitrogen and oxygen atoms in total. The van der Waals surface area contributed by atoms with Crippen LogP contribution in [0, 0.1) is 10.1 Å². The molecule has 0 radical (unpaired) electrons. The summed E-state index contributed by atoms with van der Waals surface area (Å²) in [6.45, 7) is 6.28. The number of hydrogen-bond donors (Lipinski definition) is 1. The molecule has 3 aromatic rings. The number of hydrogen-bond acceptors (Lipinski definition) is 6. The van der Waals surface area contributed by atoms with Crippen molar-refractivity contribution in [3.63, 3.8) is 0 Å². The summed E-state index contributed by atoms with van der Waals surface area (Å²) in [7, 11) is 0. The Hall–Kier alpha value is -3.11. The lowest BCUT2D eigenvalue weighted by Gasteiger charge is -2.36. The minimum Gasteiger partial charge on any atom is -0.492 e. The molecule has 11 heteroatoms. The smallest absolute Gasteiger partial charge is 0.410 e. The SMILES string of the molecule is CC(C)(C)OC(=O)N1CCCCC1CCOc1c(-c2cccc(Br)c2)c(=O)[nH]c2cc(Cl)c([N+](=O)[O-])cc12. The van der Waals surface area contributed by atoms with Gasteiger partial charge in [-0.25, -0.2) is 4.79 Å². The number of fused-ring (bicyclic) bond motifs is 1. The van der Waals surface area contributed by atoms with Gasteiger partial charge in [-0.15, -0.1) is 0 Å². The van der Waals surface area contributed by atoms with E-state index < -0.39 is 16.1 Å². The number of rotatable bonds is 6. The van der Waals surface area contributed by atoms with Crippen molar-refractivity contribution in [2.24, 2.45) is 0 Å². The van der Waals surface area contributed by atoms with Crippen LogP contribution in [0.4, 0.5) is 10.5 Å². The summed E-state index contributed by atoms with van der Waals surface area (Å²) in [4.78, 5) is 41.6. The van der Waals surface area contributed by atoms with Gasteiger partial charge in [-0.3, -0.25) is 14.9 Å². The highest BCUT2D eigenvalue weighted by Gasteiger charge is 2.30. The Morgan fingerprint density at radius 1 is 1.26 bits per heavy atom. The number of amides is 1. The van der Waals surface area contributed by atoms with Crippen LogP contribution in [0.15, 0.2) is 45.7 Å². The second-order valence-corrected chi connectivity index (χ2v) is 11.6. The van der Waals surface area contributed by atoms with E-state index in [-0.39, 0.29) is 40.8 Å². The van der Waals surface area contributed by atoms with Crippen molar-refractivity contribution in [3.05, 3.63) is 66.4 Å². The van der Waals surface area contributed by atoms with Crippen LogP contribution < -0.4 is 10.3 Å². The van der Waals surface area contributed by atoms with Gasteiger partial charge in [0.1, 0.15) is 16.4 Å². The van der Waals surface area contributed by atoms with E-state index >= 15 is 0 Å². The molecular formula is C27H29BrClN3O6. The van der Waals surface area contributed by atoms with E-state index in [0.29, 0.717) is 29.4 Å². The number of halogens is 2. The average Bonchev–Trinajstić information content (AvgIpc) is 2.82. The molecule has 4 rings (SSSR count). The number of pyridine rings is 1. The Kier molecular flexibility index (Phi) is 8.32. The number of benzene rings is 2. The minimum absolute atomic E-state index is 0.0884. The standard InChI is InChI=1S/C27H29BrClN3O6/c1-27(2,3)38-26(34)31-11-5-4-9-18(31)10-12-37-24-19-14-22(32(35)36)20(29)15-21(19)30-25(33)23(24)16-7-6-8-17(28)13-16/h6-8,13-15,18H,4-5,9-12H2,1-3H3,(H,30,33). The van der Waals surface area contributed by atoms with E-state index in [1.807, 2.05) is 26.8 Å². The highest BCUT2D eigenvalue weighted by molar-refractivity contribution is 9.10. The van der Waals surface area contributed by atoms with Gasteiger partial charge in [-0.2, -0.15) is 0 Å². The fourth-order valence-electron chi connectivity index (χ4n) is 4.63. The quantitative estimate of drug-likeness (QED) is 0.237. The van der Waals surface area contributed by atoms with Gasteiger partial charge < -0.3 is 19.4 Å². The van der Waals surface area contributed by atoms with E-state index in [9.17, 15) is 19.7 Å². The number of nitro benzene ring substituents is 1. The third kappa shape index (κ3) is 6.30. The van der Waals surface area contributed by atoms with Crippen LogP contribution in [0.3, 0.4) is 0 Å². The number of aromatic amines is 1. The zero-order chi connectivity index (χ0) is 27.6. The molecule has 1 amide bonds. The summed E-state index contributed by atoms with van der Waals surface area (Å²) < 4.78 is 12.6. The average molecular weight is 607 g/mol. The predicted octanol–water partition coefficient (Wildman–Crippen LogP) is 7.08. The number of nitrogens with zero attached hydrogens (tertiary/aromatic N) is 2. The van der Waals surface area contributed by atoms with Crippen LogP contribution in [0.5, 0.6) is 5.75 Å². The molecule has 1 atom stereocenters. The lowest BCUT2D eigenvalue weighted by atomic mass is 10.00. The molecule has 1 N–H and O–H groups in total. The number of carbonyl (C=O) groups is 1. The summed E-state index contributed by atoms with van der Waals surface area (Å²) in [6, 6.07) is 9.75. The molecule has 2 heterocycles. The van der Waals surface area contributed by atoms with Crippen molar-refractivity contribution in [1.29, 1.82) is 0 Å².